The lowest BCUT2D eigenvalue weighted by Crippen LogP contribution is -2.38. The molecule has 0 spiro atoms. The minimum atomic E-state index is -0.184. The van der Waals surface area contributed by atoms with Crippen LogP contribution in [0.4, 0.5) is 0 Å². The van der Waals surface area contributed by atoms with Crippen LogP contribution in [0.3, 0.4) is 0 Å². The van der Waals surface area contributed by atoms with Crippen molar-refractivity contribution < 1.29 is 0 Å². The molecule has 0 heterocycles. The first-order valence-electron chi connectivity index (χ1n) is 20.9. The lowest BCUT2D eigenvalue weighted by atomic mass is 9.59. The van der Waals surface area contributed by atoms with Crippen molar-refractivity contribution in [1.29, 1.82) is 0 Å². The smallest absolute Gasteiger partial charge is 0.0522 e. The van der Waals surface area contributed by atoms with Gasteiger partial charge in [0.2, 0.25) is 0 Å². The van der Waals surface area contributed by atoms with Crippen LogP contribution in [0.5, 0.6) is 0 Å². The van der Waals surface area contributed by atoms with E-state index < -0.39 is 0 Å². The fourth-order valence-corrected chi connectivity index (χ4v) is 11.8. The SMILES string of the molecule is Cc1ccc(C2(C3=CCC(C)C=C3)C3=C(CCC(C4=CC=C5C6=C(C=CCC6)C(C6=CCC(C)C=C6)(c6ccc(C)cc6)C5C4)=C3)C3=CC=CCC32)cc1. The molecule has 0 heteroatoms. The molecule has 0 saturated carbocycles. The summed E-state index contributed by atoms with van der Waals surface area (Å²) in [7, 11) is 0. The molecule has 6 atom stereocenters. The topological polar surface area (TPSA) is 0 Å². The number of aryl methyl sites for hydroxylation is 2. The Morgan fingerprint density at radius 1 is 0.556 bits per heavy atom. The van der Waals surface area contributed by atoms with Gasteiger partial charge in [-0.15, -0.1) is 0 Å². The second kappa shape index (κ2) is 13.0. The van der Waals surface area contributed by atoms with Gasteiger partial charge in [0, 0.05) is 11.8 Å². The van der Waals surface area contributed by atoms with Crippen LogP contribution >= 0.6 is 0 Å². The molecule has 10 rings (SSSR count). The Hall–Kier alpha value is -4.68. The summed E-state index contributed by atoms with van der Waals surface area (Å²) in [4.78, 5) is 0. The Bertz CT molecular complexity index is 2300. The van der Waals surface area contributed by atoms with Gasteiger partial charge in [0.15, 0.2) is 0 Å². The lowest BCUT2D eigenvalue weighted by molar-refractivity contribution is 0.440. The number of fused-ring (bicyclic) bond motifs is 4. The molecular weight excluding hydrogens is 649 g/mol. The van der Waals surface area contributed by atoms with Crippen molar-refractivity contribution in [2.45, 2.75) is 89.9 Å². The standard InChI is InChI=1S/C54H54/c1-35-13-23-41(24-14-35)53(42-25-15-36(2)16-26-42)49-11-7-5-9-45(49)47-31-21-39(33-51(47)53)40-22-32-48-46-10-6-8-12-50(46)54(52(48)34-40,43-27-17-37(3)18-28-43)44-29-19-38(4)20-30-44/h5,7-9,12-15,17-19,22-30,32-33,36,38,49,52H,6,10-11,16,20-21,31,34H2,1-4H3. The van der Waals surface area contributed by atoms with Gasteiger partial charge in [-0.2, -0.15) is 0 Å². The Labute approximate surface area is 323 Å². The number of allylic oxidation sites excluding steroid dienone is 24. The van der Waals surface area contributed by atoms with E-state index in [-0.39, 0.29) is 10.8 Å². The van der Waals surface area contributed by atoms with Crippen molar-refractivity contribution in [1.82, 2.24) is 0 Å². The summed E-state index contributed by atoms with van der Waals surface area (Å²) in [5.41, 5.74) is 20.8. The monoisotopic (exact) mass is 702 g/mol. The Morgan fingerprint density at radius 3 is 1.80 bits per heavy atom. The maximum Gasteiger partial charge on any atom is 0.0522 e. The number of hydrogen-bond donors (Lipinski definition) is 0. The van der Waals surface area contributed by atoms with Gasteiger partial charge in [0.25, 0.3) is 0 Å². The zero-order valence-electron chi connectivity index (χ0n) is 32.7. The highest BCUT2D eigenvalue weighted by Crippen LogP contribution is 2.65. The van der Waals surface area contributed by atoms with Crippen LogP contribution in [-0.4, -0.2) is 0 Å². The Balaban J connectivity index is 1.14. The molecule has 0 radical (unpaired) electrons. The predicted octanol–water partition coefficient (Wildman–Crippen LogP) is 13.6. The highest BCUT2D eigenvalue weighted by Gasteiger charge is 2.56. The second-order valence-electron chi connectivity index (χ2n) is 17.6. The number of benzene rings is 2. The van der Waals surface area contributed by atoms with E-state index in [4.69, 9.17) is 0 Å². The summed E-state index contributed by atoms with van der Waals surface area (Å²) < 4.78 is 0. The van der Waals surface area contributed by atoms with E-state index in [0.717, 1.165) is 51.4 Å². The van der Waals surface area contributed by atoms with E-state index in [9.17, 15) is 0 Å². The summed E-state index contributed by atoms with van der Waals surface area (Å²) in [6, 6.07) is 19.2. The molecule has 0 saturated heterocycles. The summed E-state index contributed by atoms with van der Waals surface area (Å²) >= 11 is 0. The normalized spacial score (nSPS) is 32.2. The molecule has 6 unspecified atom stereocenters. The van der Waals surface area contributed by atoms with Crippen LogP contribution in [0.2, 0.25) is 0 Å². The molecule has 0 aliphatic heterocycles. The minimum Gasteiger partial charge on any atom is -0.0839 e. The van der Waals surface area contributed by atoms with E-state index in [1.165, 1.54) is 33.4 Å². The van der Waals surface area contributed by atoms with Crippen LogP contribution in [0.1, 0.15) is 87.5 Å². The van der Waals surface area contributed by atoms with Gasteiger partial charge >= 0.3 is 0 Å². The van der Waals surface area contributed by atoms with Crippen LogP contribution in [0, 0.1) is 37.5 Å². The molecule has 0 nitrogen and oxygen atoms in total. The maximum absolute atomic E-state index is 2.71. The average molecular weight is 703 g/mol. The van der Waals surface area contributed by atoms with Gasteiger partial charge in [-0.05, 0) is 144 Å². The molecule has 0 aromatic heterocycles. The van der Waals surface area contributed by atoms with E-state index in [1.54, 1.807) is 44.6 Å². The molecule has 2 aromatic rings. The Kier molecular flexibility index (Phi) is 8.13. The van der Waals surface area contributed by atoms with Gasteiger partial charge in [-0.1, -0.05) is 159 Å². The zero-order chi connectivity index (χ0) is 36.6. The molecule has 8 aliphatic carbocycles. The van der Waals surface area contributed by atoms with Crippen LogP contribution in [-0.2, 0) is 10.8 Å². The number of rotatable bonds is 5. The van der Waals surface area contributed by atoms with Crippen LogP contribution < -0.4 is 0 Å². The maximum atomic E-state index is 2.71. The van der Waals surface area contributed by atoms with E-state index in [2.05, 4.69) is 161 Å². The first-order valence-corrected chi connectivity index (χ1v) is 20.9. The van der Waals surface area contributed by atoms with Crippen molar-refractivity contribution >= 4 is 0 Å². The second-order valence-corrected chi connectivity index (χ2v) is 17.6. The van der Waals surface area contributed by atoms with Gasteiger partial charge in [0.1, 0.15) is 0 Å². The van der Waals surface area contributed by atoms with Crippen LogP contribution in [0.25, 0.3) is 0 Å². The molecule has 0 N–H and O–H groups in total. The van der Waals surface area contributed by atoms with E-state index in [1.807, 2.05) is 0 Å². The molecule has 2 aromatic carbocycles. The van der Waals surface area contributed by atoms with Gasteiger partial charge in [0.05, 0.1) is 10.8 Å². The van der Waals surface area contributed by atoms with Gasteiger partial charge in [-0.25, -0.2) is 0 Å². The van der Waals surface area contributed by atoms with Crippen molar-refractivity contribution in [2.24, 2.45) is 23.7 Å². The molecule has 8 aliphatic rings. The fraction of sp³-hybridized carbons (Fsp3) is 0.333. The van der Waals surface area contributed by atoms with E-state index >= 15 is 0 Å². The minimum absolute atomic E-state index is 0.180. The van der Waals surface area contributed by atoms with E-state index in [0.29, 0.717) is 23.7 Å². The van der Waals surface area contributed by atoms with Crippen molar-refractivity contribution in [3.63, 3.8) is 0 Å². The highest BCUT2D eigenvalue weighted by molar-refractivity contribution is 5.73. The van der Waals surface area contributed by atoms with Gasteiger partial charge in [-0.3, -0.25) is 0 Å². The van der Waals surface area contributed by atoms with Gasteiger partial charge < -0.3 is 0 Å². The largest absolute Gasteiger partial charge is 0.0839 e. The number of hydrogen-bond acceptors (Lipinski definition) is 0. The summed E-state index contributed by atoms with van der Waals surface area (Å²) in [5.74, 6) is 1.96. The first-order chi connectivity index (χ1) is 26.4. The molecule has 0 bridgehead atoms. The summed E-state index contributed by atoms with van der Waals surface area (Å²) in [5, 5.41) is 0. The van der Waals surface area contributed by atoms with Crippen LogP contribution in [0.15, 0.2) is 189 Å². The average Bonchev–Trinajstić information content (AvgIpc) is 3.67. The molecule has 0 amide bonds. The third-order valence-corrected chi connectivity index (χ3v) is 14.4. The first kappa shape index (κ1) is 33.9. The Morgan fingerprint density at radius 2 is 1.17 bits per heavy atom. The summed E-state index contributed by atoms with van der Waals surface area (Å²) in [6.07, 6.45) is 44.0. The third-order valence-electron chi connectivity index (χ3n) is 14.4. The summed E-state index contributed by atoms with van der Waals surface area (Å²) in [6.45, 7) is 9.16. The van der Waals surface area contributed by atoms with Crippen molar-refractivity contribution in [3.8, 4) is 0 Å². The predicted molar refractivity (Wildman–Crippen MR) is 227 cm³/mol. The van der Waals surface area contributed by atoms with Crippen molar-refractivity contribution in [3.05, 3.63) is 212 Å². The highest BCUT2D eigenvalue weighted by atomic mass is 14.6. The third kappa shape index (κ3) is 4.94. The lowest BCUT2D eigenvalue weighted by Gasteiger charge is -2.43. The molecule has 54 heavy (non-hydrogen) atoms. The van der Waals surface area contributed by atoms with Crippen molar-refractivity contribution in [2.75, 3.05) is 0 Å². The fourth-order valence-electron chi connectivity index (χ4n) is 11.8. The zero-order valence-corrected chi connectivity index (χ0v) is 32.7. The molecule has 270 valence electrons. The quantitative estimate of drug-likeness (QED) is 0.291. The molecular formula is C54H54. The molecule has 0 fully saturated rings.